The van der Waals surface area contributed by atoms with E-state index in [0.29, 0.717) is 42.2 Å². The van der Waals surface area contributed by atoms with Crippen LogP contribution in [-0.2, 0) is 25.7 Å². The third kappa shape index (κ3) is 3.74. The Labute approximate surface area is 179 Å². The lowest BCUT2D eigenvalue weighted by molar-refractivity contribution is -0.137. The van der Waals surface area contributed by atoms with E-state index in [1.807, 2.05) is 6.92 Å². The summed E-state index contributed by atoms with van der Waals surface area (Å²) in [5.41, 5.74) is 0.282. The number of imidazole rings is 1. The maximum atomic E-state index is 13.1. The quantitative estimate of drug-likeness (QED) is 0.474. The zero-order chi connectivity index (χ0) is 23.0. The van der Waals surface area contributed by atoms with Gasteiger partial charge in [0.1, 0.15) is 5.82 Å². The molecule has 0 aliphatic rings. The Morgan fingerprint density at radius 2 is 1.91 bits per heavy atom. The topological polar surface area (TPSA) is 101 Å². The number of rotatable bonds is 6. The molecule has 0 aliphatic heterocycles. The van der Waals surface area contributed by atoms with Gasteiger partial charge in [-0.25, -0.2) is 9.78 Å². The molecule has 3 aromatic heterocycles. The van der Waals surface area contributed by atoms with Gasteiger partial charge in [0.25, 0.3) is 5.56 Å². The minimum atomic E-state index is -4.44. The van der Waals surface area contributed by atoms with Crippen molar-refractivity contribution in [2.24, 2.45) is 0 Å². The molecule has 0 atom stereocenters. The summed E-state index contributed by atoms with van der Waals surface area (Å²) in [6.07, 6.45) is -2.05. The first-order valence-corrected chi connectivity index (χ1v) is 10.2. The molecule has 0 unspecified atom stereocenters. The monoisotopic (exact) mass is 446 g/mol. The predicted molar refractivity (Wildman–Crippen MR) is 112 cm³/mol. The lowest BCUT2D eigenvalue weighted by atomic mass is 10.0. The number of nitrogens with zero attached hydrogens (tertiary/aromatic N) is 4. The van der Waals surface area contributed by atoms with Crippen molar-refractivity contribution >= 4 is 11.2 Å². The summed E-state index contributed by atoms with van der Waals surface area (Å²) in [6, 6.07) is 5.09. The minimum Gasteiger partial charge on any atom is -0.318 e. The summed E-state index contributed by atoms with van der Waals surface area (Å²) in [6.45, 7) is 4.50. The van der Waals surface area contributed by atoms with E-state index >= 15 is 0 Å². The average Bonchev–Trinajstić information content (AvgIpc) is 3.33. The lowest BCUT2D eigenvalue weighted by Crippen LogP contribution is -2.30. The number of benzene rings is 1. The first-order chi connectivity index (χ1) is 15.2. The third-order valence-electron chi connectivity index (χ3n) is 5.24. The van der Waals surface area contributed by atoms with Crippen LogP contribution in [0, 0.1) is 0 Å². The molecular formula is C21H21F3N6O2. The number of aromatic nitrogens is 6. The normalized spacial score (nSPS) is 12.0. The van der Waals surface area contributed by atoms with Gasteiger partial charge in [0, 0.05) is 19.5 Å². The molecule has 168 valence electrons. The van der Waals surface area contributed by atoms with Crippen LogP contribution in [0.15, 0.2) is 40.1 Å². The van der Waals surface area contributed by atoms with Crippen molar-refractivity contribution < 1.29 is 13.2 Å². The smallest absolute Gasteiger partial charge is 0.318 e. The van der Waals surface area contributed by atoms with Crippen LogP contribution in [0.3, 0.4) is 0 Å². The van der Waals surface area contributed by atoms with E-state index in [-0.39, 0.29) is 17.6 Å². The van der Waals surface area contributed by atoms with Crippen molar-refractivity contribution in [3.8, 4) is 11.4 Å². The van der Waals surface area contributed by atoms with Crippen molar-refractivity contribution in [1.29, 1.82) is 0 Å². The van der Waals surface area contributed by atoms with E-state index in [4.69, 9.17) is 0 Å². The molecule has 8 nitrogen and oxygen atoms in total. The van der Waals surface area contributed by atoms with Crippen LogP contribution in [0.2, 0.25) is 0 Å². The first kappa shape index (κ1) is 21.6. The van der Waals surface area contributed by atoms with Crippen LogP contribution >= 0.6 is 0 Å². The highest BCUT2D eigenvalue weighted by Crippen LogP contribution is 2.31. The van der Waals surface area contributed by atoms with Crippen LogP contribution in [-0.4, -0.2) is 29.3 Å². The molecule has 0 spiro atoms. The predicted octanol–water partition coefficient (Wildman–Crippen LogP) is 3.32. The molecule has 0 amide bonds. The first-order valence-electron chi connectivity index (χ1n) is 10.2. The van der Waals surface area contributed by atoms with Gasteiger partial charge in [0.05, 0.1) is 23.0 Å². The van der Waals surface area contributed by atoms with E-state index in [1.165, 1.54) is 16.8 Å². The summed E-state index contributed by atoms with van der Waals surface area (Å²) in [4.78, 5) is 31.7. The number of hydrogen-bond acceptors (Lipinski definition) is 4. The Morgan fingerprint density at radius 1 is 1.12 bits per heavy atom. The Hall–Kier alpha value is -3.63. The summed E-state index contributed by atoms with van der Waals surface area (Å²) in [5, 5.41) is 6.90. The van der Waals surface area contributed by atoms with Gasteiger partial charge in [-0.15, -0.1) is 0 Å². The van der Waals surface area contributed by atoms with Gasteiger partial charge in [-0.2, -0.15) is 18.3 Å². The third-order valence-corrected chi connectivity index (χ3v) is 5.24. The second-order valence-corrected chi connectivity index (χ2v) is 7.40. The molecule has 11 heteroatoms. The summed E-state index contributed by atoms with van der Waals surface area (Å²) >= 11 is 0. The molecule has 2 N–H and O–H groups in total. The van der Waals surface area contributed by atoms with E-state index in [0.717, 1.165) is 12.1 Å². The maximum absolute atomic E-state index is 13.1. The molecule has 3 heterocycles. The van der Waals surface area contributed by atoms with Crippen molar-refractivity contribution in [2.45, 2.75) is 46.0 Å². The highest BCUT2D eigenvalue weighted by atomic mass is 19.4. The number of halogens is 3. The average molecular weight is 446 g/mol. The highest BCUT2D eigenvalue weighted by molar-refractivity contribution is 5.77. The Balaban J connectivity index is 1.86. The molecule has 0 saturated heterocycles. The molecule has 1 aromatic carbocycles. The lowest BCUT2D eigenvalue weighted by Gasteiger charge is -2.10. The fourth-order valence-electron chi connectivity index (χ4n) is 3.81. The van der Waals surface area contributed by atoms with Gasteiger partial charge in [0.2, 0.25) is 0 Å². The van der Waals surface area contributed by atoms with Crippen molar-refractivity contribution in [3.05, 3.63) is 68.1 Å². The molecule has 0 saturated carbocycles. The largest absolute Gasteiger partial charge is 0.416 e. The van der Waals surface area contributed by atoms with Crippen molar-refractivity contribution in [2.75, 3.05) is 0 Å². The molecule has 0 aliphatic carbocycles. The van der Waals surface area contributed by atoms with Gasteiger partial charge < -0.3 is 4.57 Å². The Morgan fingerprint density at radius 3 is 2.59 bits per heavy atom. The summed E-state index contributed by atoms with van der Waals surface area (Å²) in [7, 11) is 0. The SMILES string of the molecule is CCCn1c(-c2cn[nH]c2Cc2cccc(C(F)(F)F)c2)nc2c1c(=O)[nH]c(=O)n2CC. The van der Waals surface area contributed by atoms with Gasteiger partial charge in [-0.1, -0.05) is 25.1 Å². The van der Waals surface area contributed by atoms with Crippen molar-refractivity contribution in [1.82, 2.24) is 29.3 Å². The second-order valence-electron chi connectivity index (χ2n) is 7.40. The highest BCUT2D eigenvalue weighted by Gasteiger charge is 2.30. The number of hydrogen-bond donors (Lipinski definition) is 2. The molecule has 0 bridgehead atoms. The standard InChI is InChI=1S/C21H21F3N6O2/c1-3-8-30-16-18(29(4-2)20(32)27-19(16)31)26-17(30)14-11-25-28-15(14)10-12-6-5-7-13(9-12)21(22,23)24/h5-7,9,11H,3-4,8,10H2,1-2H3,(H,25,28)(H,27,31,32). The number of fused-ring (bicyclic) bond motifs is 1. The van der Waals surface area contributed by atoms with Crippen LogP contribution in [0.1, 0.15) is 37.1 Å². The number of alkyl halides is 3. The molecule has 0 radical (unpaired) electrons. The minimum absolute atomic E-state index is 0.158. The van der Waals surface area contributed by atoms with E-state index in [9.17, 15) is 22.8 Å². The molecule has 0 fully saturated rings. The zero-order valence-electron chi connectivity index (χ0n) is 17.5. The Bertz CT molecular complexity index is 1390. The maximum Gasteiger partial charge on any atom is 0.416 e. The van der Waals surface area contributed by atoms with E-state index in [2.05, 4.69) is 20.2 Å². The van der Waals surface area contributed by atoms with Crippen LogP contribution in [0.5, 0.6) is 0 Å². The van der Waals surface area contributed by atoms with Gasteiger partial charge in [0.15, 0.2) is 11.2 Å². The van der Waals surface area contributed by atoms with Gasteiger partial charge in [-0.3, -0.25) is 19.4 Å². The van der Waals surface area contributed by atoms with Gasteiger partial charge in [-0.05, 0) is 25.0 Å². The number of nitrogens with one attached hydrogen (secondary N) is 2. The summed E-state index contributed by atoms with van der Waals surface area (Å²) < 4.78 is 42.4. The van der Waals surface area contributed by atoms with E-state index in [1.54, 1.807) is 17.6 Å². The number of aromatic amines is 2. The Kier molecular flexibility index (Phi) is 5.49. The van der Waals surface area contributed by atoms with Crippen LogP contribution in [0.25, 0.3) is 22.6 Å². The van der Waals surface area contributed by atoms with Crippen molar-refractivity contribution in [3.63, 3.8) is 0 Å². The van der Waals surface area contributed by atoms with E-state index < -0.39 is 23.0 Å². The summed E-state index contributed by atoms with van der Waals surface area (Å²) in [5.74, 6) is 0.427. The fourth-order valence-corrected chi connectivity index (χ4v) is 3.81. The number of H-pyrrole nitrogens is 2. The fraction of sp³-hybridized carbons (Fsp3) is 0.333. The van der Waals surface area contributed by atoms with Gasteiger partial charge >= 0.3 is 11.9 Å². The van der Waals surface area contributed by atoms with Crippen LogP contribution in [0.4, 0.5) is 13.2 Å². The molecular weight excluding hydrogens is 425 g/mol. The zero-order valence-corrected chi connectivity index (χ0v) is 17.5. The second kappa shape index (κ2) is 8.13. The number of aryl methyl sites for hydroxylation is 2. The molecule has 32 heavy (non-hydrogen) atoms. The molecule has 4 aromatic rings. The van der Waals surface area contributed by atoms with Crippen LogP contribution < -0.4 is 11.2 Å². The molecule has 4 rings (SSSR count).